The van der Waals surface area contributed by atoms with Crippen molar-refractivity contribution in [3.05, 3.63) is 58.1 Å². The van der Waals surface area contributed by atoms with Crippen LogP contribution >= 0.6 is 23.2 Å². The fourth-order valence-corrected chi connectivity index (χ4v) is 1.92. The fourth-order valence-electron chi connectivity index (χ4n) is 1.62. The Labute approximate surface area is 130 Å². The van der Waals surface area contributed by atoms with Crippen molar-refractivity contribution in [3.8, 4) is 0 Å². The molecule has 7 heteroatoms. The van der Waals surface area contributed by atoms with Gasteiger partial charge in [-0.1, -0.05) is 23.2 Å². The summed E-state index contributed by atoms with van der Waals surface area (Å²) in [5.41, 5.74) is 0.592. The van der Waals surface area contributed by atoms with Crippen LogP contribution in [0.3, 0.4) is 0 Å². The monoisotopic (exact) mass is 324 g/mol. The van der Waals surface area contributed by atoms with Crippen molar-refractivity contribution in [1.29, 1.82) is 0 Å². The molecule has 108 valence electrons. The van der Waals surface area contributed by atoms with Crippen LogP contribution in [0.5, 0.6) is 0 Å². The SMILES string of the molecule is O=C(Nc1ccc(Cl)cc1)Nc1ccc(Cl)cc1C(=O)O. The van der Waals surface area contributed by atoms with E-state index in [0.717, 1.165) is 0 Å². The summed E-state index contributed by atoms with van der Waals surface area (Å²) in [5.74, 6) is -1.18. The van der Waals surface area contributed by atoms with Gasteiger partial charge in [-0.25, -0.2) is 9.59 Å². The lowest BCUT2D eigenvalue weighted by atomic mass is 10.2. The maximum absolute atomic E-state index is 11.8. The average molecular weight is 325 g/mol. The lowest BCUT2D eigenvalue weighted by molar-refractivity contribution is 0.0698. The molecule has 0 fully saturated rings. The van der Waals surface area contributed by atoms with Crippen LogP contribution in [-0.2, 0) is 0 Å². The third-order valence-electron chi connectivity index (χ3n) is 2.56. The molecule has 0 aliphatic rings. The second-order valence-electron chi connectivity index (χ2n) is 4.08. The van der Waals surface area contributed by atoms with E-state index in [1.54, 1.807) is 24.3 Å². The minimum Gasteiger partial charge on any atom is -0.478 e. The van der Waals surface area contributed by atoms with Gasteiger partial charge in [0.1, 0.15) is 0 Å². The van der Waals surface area contributed by atoms with Gasteiger partial charge in [0, 0.05) is 15.7 Å². The fraction of sp³-hybridized carbons (Fsp3) is 0. The Hall–Kier alpha value is -2.24. The molecule has 0 spiro atoms. The molecule has 2 aromatic rings. The molecule has 3 N–H and O–H groups in total. The summed E-state index contributed by atoms with van der Waals surface area (Å²) in [6.45, 7) is 0. The predicted octanol–water partition coefficient (Wildman–Crippen LogP) is 4.34. The molecule has 0 aliphatic carbocycles. The van der Waals surface area contributed by atoms with Gasteiger partial charge >= 0.3 is 12.0 Å². The normalized spacial score (nSPS) is 10.0. The third-order valence-corrected chi connectivity index (χ3v) is 3.05. The molecule has 0 atom stereocenters. The quantitative estimate of drug-likeness (QED) is 0.785. The molecular formula is C14H10Cl2N2O3. The zero-order valence-corrected chi connectivity index (χ0v) is 12.1. The molecular weight excluding hydrogens is 315 g/mol. The summed E-state index contributed by atoms with van der Waals surface area (Å²) < 4.78 is 0. The molecule has 0 unspecified atom stereocenters. The van der Waals surface area contributed by atoms with E-state index in [4.69, 9.17) is 28.3 Å². The first-order chi connectivity index (χ1) is 9.95. The third kappa shape index (κ3) is 4.11. The van der Waals surface area contributed by atoms with E-state index in [9.17, 15) is 9.59 Å². The molecule has 0 heterocycles. The highest BCUT2D eigenvalue weighted by Crippen LogP contribution is 2.21. The van der Waals surface area contributed by atoms with Gasteiger partial charge in [-0.3, -0.25) is 0 Å². The van der Waals surface area contributed by atoms with E-state index in [2.05, 4.69) is 10.6 Å². The Bertz CT molecular complexity index is 687. The van der Waals surface area contributed by atoms with Crippen LogP contribution in [0.4, 0.5) is 16.2 Å². The van der Waals surface area contributed by atoms with Crippen molar-refractivity contribution in [2.24, 2.45) is 0 Å². The first-order valence-electron chi connectivity index (χ1n) is 5.82. The molecule has 0 saturated carbocycles. The van der Waals surface area contributed by atoms with Gasteiger partial charge in [-0.2, -0.15) is 0 Å². The maximum atomic E-state index is 11.8. The van der Waals surface area contributed by atoms with Gasteiger partial charge in [0.25, 0.3) is 0 Å². The number of nitrogens with one attached hydrogen (secondary N) is 2. The van der Waals surface area contributed by atoms with Crippen molar-refractivity contribution in [3.63, 3.8) is 0 Å². The van der Waals surface area contributed by atoms with Crippen molar-refractivity contribution >= 4 is 46.6 Å². The Morgan fingerprint density at radius 2 is 1.52 bits per heavy atom. The number of urea groups is 1. The number of hydrogen-bond acceptors (Lipinski definition) is 2. The average Bonchev–Trinajstić information content (AvgIpc) is 2.43. The number of carboxylic acids is 1. The standard InChI is InChI=1S/C14H10Cl2N2O3/c15-8-1-4-10(5-2-8)17-14(21)18-12-6-3-9(16)7-11(12)13(19)20/h1-7H,(H,19,20)(H2,17,18,21). The van der Waals surface area contributed by atoms with E-state index in [1.165, 1.54) is 18.2 Å². The first-order valence-corrected chi connectivity index (χ1v) is 6.58. The number of benzene rings is 2. The van der Waals surface area contributed by atoms with Crippen molar-refractivity contribution < 1.29 is 14.7 Å². The van der Waals surface area contributed by atoms with E-state index >= 15 is 0 Å². The Kier molecular flexibility index (Phi) is 4.67. The van der Waals surface area contributed by atoms with Crippen LogP contribution in [0.15, 0.2) is 42.5 Å². The second kappa shape index (κ2) is 6.47. The van der Waals surface area contributed by atoms with E-state index in [-0.39, 0.29) is 16.3 Å². The highest BCUT2D eigenvalue weighted by atomic mass is 35.5. The maximum Gasteiger partial charge on any atom is 0.337 e. The van der Waals surface area contributed by atoms with E-state index < -0.39 is 12.0 Å². The number of amides is 2. The molecule has 2 aromatic carbocycles. The minimum absolute atomic E-state index is 0.0891. The molecule has 2 rings (SSSR count). The Morgan fingerprint density at radius 3 is 2.14 bits per heavy atom. The zero-order chi connectivity index (χ0) is 15.4. The van der Waals surface area contributed by atoms with E-state index in [1.807, 2.05) is 0 Å². The Balaban J connectivity index is 2.12. The molecule has 0 aromatic heterocycles. The van der Waals surface area contributed by atoms with Crippen molar-refractivity contribution in [2.45, 2.75) is 0 Å². The molecule has 0 saturated heterocycles. The minimum atomic E-state index is -1.18. The van der Waals surface area contributed by atoms with Crippen LogP contribution in [0.25, 0.3) is 0 Å². The van der Waals surface area contributed by atoms with Gasteiger partial charge in [0.05, 0.1) is 11.3 Å². The van der Waals surface area contributed by atoms with Gasteiger partial charge in [-0.05, 0) is 42.5 Å². The van der Waals surface area contributed by atoms with Crippen LogP contribution in [0.2, 0.25) is 10.0 Å². The van der Waals surface area contributed by atoms with E-state index in [0.29, 0.717) is 10.7 Å². The van der Waals surface area contributed by atoms with Gasteiger partial charge in [-0.15, -0.1) is 0 Å². The number of carboxylic acid groups (broad SMARTS) is 1. The van der Waals surface area contributed by atoms with Crippen LogP contribution < -0.4 is 10.6 Å². The first kappa shape index (κ1) is 15.2. The van der Waals surface area contributed by atoms with Crippen molar-refractivity contribution in [1.82, 2.24) is 0 Å². The number of rotatable bonds is 3. The highest BCUT2D eigenvalue weighted by Gasteiger charge is 2.13. The van der Waals surface area contributed by atoms with Crippen LogP contribution in [0.1, 0.15) is 10.4 Å². The molecule has 0 aliphatic heterocycles. The summed E-state index contributed by atoms with van der Waals surface area (Å²) in [6, 6.07) is 10.1. The molecule has 2 amide bonds. The summed E-state index contributed by atoms with van der Waals surface area (Å²) in [7, 11) is 0. The number of carbonyl (C=O) groups excluding carboxylic acids is 1. The zero-order valence-electron chi connectivity index (χ0n) is 10.6. The smallest absolute Gasteiger partial charge is 0.337 e. The number of hydrogen-bond donors (Lipinski definition) is 3. The van der Waals surface area contributed by atoms with Gasteiger partial charge in [0.15, 0.2) is 0 Å². The number of anilines is 2. The largest absolute Gasteiger partial charge is 0.478 e. The topological polar surface area (TPSA) is 78.4 Å². The molecule has 5 nitrogen and oxygen atoms in total. The lowest BCUT2D eigenvalue weighted by Gasteiger charge is -2.10. The summed E-state index contributed by atoms with van der Waals surface area (Å²) >= 11 is 11.5. The molecule has 21 heavy (non-hydrogen) atoms. The number of aromatic carboxylic acids is 1. The molecule has 0 bridgehead atoms. The van der Waals surface area contributed by atoms with Crippen molar-refractivity contribution in [2.75, 3.05) is 10.6 Å². The molecule has 0 radical (unpaired) electrons. The Morgan fingerprint density at radius 1 is 0.905 bits per heavy atom. The van der Waals surface area contributed by atoms with Gasteiger partial charge in [0.2, 0.25) is 0 Å². The highest BCUT2D eigenvalue weighted by molar-refractivity contribution is 6.31. The van der Waals surface area contributed by atoms with Crippen LogP contribution in [-0.4, -0.2) is 17.1 Å². The summed E-state index contributed by atoms with van der Waals surface area (Å²) in [4.78, 5) is 23.0. The predicted molar refractivity (Wildman–Crippen MR) is 82.5 cm³/mol. The summed E-state index contributed by atoms with van der Waals surface area (Å²) in [6.07, 6.45) is 0. The summed E-state index contributed by atoms with van der Waals surface area (Å²) in [5, 5.41) is 14.9. The number of halogens is 2. The van der Waals surface area contributed by atoms with Crippen LogP contribution in [0, 0.1) is 0 Å². The van der Waals surface area contributed by atoms with Gasteiger partial charge < -0.3 is 15.7 Å². The number of carbonyl (C=O) groups is 2. The second-order valence-corrected chi connectivity index (χ2v) is 4.95. The lowest BCUT2D eigenvalue weighted by Crippen LogP contribution is -2.21.